The van der Waals surface area contributed by atoms with E-state index >= 15 is 0 Å². The SMILES string of the molecule is Cl.NCCCNC(=O)c1cnc2c(C3=CCC(C(F)(F)F)CC3)cccc2c1. The molecule has 3 N–H and O–H groups in total. The minimum absolute atomic E-state index is 0. The van der Waals surface area contributed by atoms with Crippen molar-refractivity contribution in [2.45, 2.75) is 31.9 Å². The van der Waals surface area contributed by atoms with Gasteiger partial charge in [-0.1, -0.05) is 24.3 Å². The van der Waals surface area contributed by atoms with Gasteiger partial charge in [0.2, 0.25) is 0 Å². The molecule has 1 aliphatic carbocycles. The molecule has 0 radical (unpaired) electrons. The highest BCUT2D eigenvalue weighted by atomic mass is 35.5. The van der Waals surface area contributed by atoms with Crippen LogP contribution in [0.5, 0.6) is 0 Å². The molecule has 4 nitrogen and oxygen atoms in total. The van der Waals surface area contributed by atoms with Gasteiger partial charge in [0.15, 0.2) is 0 Å². The molecule has 1 aromatic carbocycles. The summed E-state index contributed by atoms with van der Waals surface area (Å²) < 4.78 is 38.6. The van der Waals surface area contributed by atoms with Crippen LogP contribution < -0.4 is 11.1 Å². The average molecular weight is 414 g/mol. The Bertz CT molecular complexity index is 867. The number of halogens is 4. The number of nitrogens with zero attached hydrogens (tertiary/aromatic N) is 1. The molecular weight excluding hydrogens is 391 g/mol. The largest absolute Gasteiger partial charge is 0.392 e. The van der Waals surface area contributed by atoms with E-state index in [2.05, 4.69) is 10.3 Å². The lowest BCUT2D eigenvalue weighted by atomic mass is 9.85. The summed E-state index contributed by atoms with van der Waals surface area (Å²) in [6.45, 7) is 1.00. The van der Waals surface area contributed by atoms with E-state index in [9.17, 15) is 18.0 Å². The smallest absolute Gasteiger partial charge is 0.352 e. The fraction of sp³-hybridized carbons (Fsp3) is 0.400. The monoisotopic (exact) mass is 413 g/mol. The van der Waals surface area contributed by atoms with Crippen LogP contribution in [0, 0.1) is 5.92 Å². The Kier molecular flexibility index (Phi) is 7.43. The lowest BCUT2D eigenvalue weighted by Crippen LogP contribution is -2.26. The topological polar surface area (TPSA) is 68.0 Å². The number of nitrogens with one attached hydrogen (secondary N) is 1. The molecule has 3 rings (SSSR count). The van der Waals surface area contributed by atoms with Gasteiger partial charge in [-0.15, -0.1) is 12.4 Å². The zero-order valence-corrected chi connectivity index (χ0v) is 16.1. The molecular formula is C20H23ClF3N3O. The van der Waals surface area contributed by atoms with Gasteiger partial charge in [-0.3, -0.25) is 9.78 Å². The third-order valence-corrected chi connectivity index (χ3v) is 4.86. The molecule has 8 heteroatoms. The molecule has 1 atom stereocenters. The predicted octanol–water partition coefficient (Wildman–Crippen LogP) is 4.48. The van der Waals surface area contributed by atoms with Gasteiger partial charge < -0.3 is 11.1 Å². The summed E-state index contributed by atoms with van der Waals surface area (Å²) in [4.78, 5) is 16.6. The molecule has 1 unspecified atom stereocenters. The number of hydrogen-bond acceptors (Lipinski definition) is 3. The van der Waals surface area contributed by atoms with Gasteiger partial charge in [-0.25, -0.2) is 0 Å². The Balaban J connectivity index is 0.00000280. The number of hydrogen-bond donors (Lipinski definition) is 2. The molecule has 1 amide bonds. The van der Waals surface area contributed by atoms with E-state index in [0.29, 0.717) is 37.0 Å². The maximum absolute atomic E-state index is 12.9. The van der Waals surface area contributed by atoms with Gasteiger partial charge in [-0.2, -0.15) is 13.2 Å². The van der Waals surface area contributed by atoms with E-state index in [4.69, 9.17) is 5.73 Å². The van der Waals surface area contributed by atoms with Crippen LogP contribution in [0.4, 0.5) is 13.2 Å². The first-order valence-electron chi connectivity index (χ1n) is 9.03. The molecule has 0 aliphatic heterocycles. The molecule has 0 saturated heterocycles. The number of rotatable bonds is 5. The van der Waals surface area contributed by atoms with Crippen molar-refractivity contribution in [2.75, 3.05) is 13.1 Å². The van der Waals surface area contributed by atoms with Gasteiger partial charge in [0.25, 0.3) is 5.91 Å². The van der Waals surface area contributed by atoms with Crippen molar-refractivity contribution in [1.82, 2.24) is 10.3 Å². The molecule has 1 aromatic heterocycles. The average Bonchev–Trinajstić information content (AvgIpc) is 2.66. The van der Waals surface area contributed by atoms with Crippen molar-refractivity contribution >= 4 is 34.8 Å². The zero-order chi connectivity index (χ0) is 19.4. The van der Waals surface area contributed by atoms with E-state index in [1.807, 2.05) is 18.2 Å². The number of fused-ring (bicyclic) bond motifs is 1. The highest BCUT2D eigenvalue weighted by molar-refractivity contribution is 5.99. The van der Waals surface area contributed by atoms with Crippen LogP contribution in [0.25, 0.3) is 16.5 Å². The Morgan fingerprint density at radius 1 is 1.32 bits per heavy atom. The molecule has 0 saturated carbocycles. The van der Waals surface area contributed by atoms with Crippen molar-refractivity contribution < 1.29 is 18.0 Å². The number of carbonyl (C=O) groups is 1. The number of allylic oxidation sites excluding steroid dienone is 2. The highest BCUT2D eigenvalue weighted by Gasteiger charge is 2.39. The van der Waals surface area contributed by atoms with Crippen LogP contribution in [0.3, 0.4) is 0 Å². The Morgan fingerprint density at radius 2 is 2.11 bits per heavy atom. The number of carbonyl (C=O) groups excluding carboxylic acids is 1. The van der Waals surface area contributed by atoms with Crippen LogP contribution in [0.15, 0.2) is 36.5 Å². The molecule has 1 heterocycles. The third-order valence-electron chi connectivity index (χ3n) is 4.86. The van der Waals surface area contributed by atoms with Crippen molar-refractivity contribution in [3.63, 3.8) is 0 Å². The predicted molar refractivity (Wildman–Crippen MR) is 106 cm³/mol. The first-order chi connectivity index (χ1) is 12.9. The summed E-state index contributed by atoms with van der Waals surface area (Å²) in [5.41, 5.74) is 8.29. The molecule has 28 heavy (non-hydrogen) atoms. The Labute approximate surface area is 167 Å². The van der Waals surface area contributed by atoms with Crippen LogP contribution in [-0.4, -0.2) is 30.2 Å². The minimum atomic E-state index is -4.15. The molecule has 1 aliphatic rings. The van der Waals surface area contributed by atoms with Crippen molar-refractivity contribution in [3.8, 4) is 0 Å². The second-order valence-corrected chi connectivity index (χ2v) is 6.74. The van der Waals surface area contributed by atoms with Gasteiger partial charge >= 0.3 is 6.18 Å². The molecule has 0 fully saturated rings. The van der Waals surface area contributed by atoms with E-state index in [1.54, 1.807) is 12.1 Å². The number of nitrogens with two attached hydrogens (primary N) is 1. The normalized spacial score (nSPS) is 17.0. The Morgan fingerprint density at radius 3 is 2.75 bits per heavy atom. The summed E-state index contributed by atoms with van der Waals surface area (Å²) in [5.74, 6) is -1.49. The fourth-order valence-corrected chi connectivity index (χ4v) is 3.33. The van der Waals surface area contributed by atoms with Gasteiger partial charge in [0.05, 0.1) is 17.0 Å². The molecule has 0 bridgehead atoms. The first kappa shape index (κ1) is 22.2. The first-order valence-corrected chi connectivity index (χ1v) is 9.03. The van der Waals surface area contributed by atoms with E-state index in [0.717, 1.165) is 16.5 Å². The van der Waals surface area contributed by atoms with Crippen LogP contribution in [0.1, 0.15) is 41.6 Å². The number of aromatic nitrogens is 1. The maximum Gasteiger partial charge on any atom is 0.392 e. The van der Waals surface area contributed by atoms with Gasteiger partial charge in [0, 0.05) is 23.7 Å². The standard InChI is InChI=1S/C20H22F3N3O.ClH/c21-20(22,23)16-7-5-13(6-8-16)17-4-1-3-14-11-15(12-26-18(14)17)19(27)25-10-2-9-24;/h1,3-5,11-12,16H,2,6-10,24H2,(H,25,27);1H. The quantitative estimate of drug-likeness (QED) is 0.710. The van der Waals surface area contributed by atoms with Crippen LogP contribution in [-0.2, 0) is 0 Å². The minimum Gasteiger partial charge on any atom is -0.352 e. The van der Waals surface area contributed by atoms with Crippen molar-refractivity contribution in [2.24, 2.45) is 11.7 Å². The van der Waals surface area contributed by atoms with E-state index in [-0.39, 0.29) is 31.2 Å². The third kappa shape index (κ3) is 5.02. The number of amides is 1. The maximum atomic E-state index is 12.9. The number of pyridine rings is 1. The molecule has 152 valence electrons. The second-order valence-electron chi connectivity index (χ2n) is 6.74. The second kappa shape index (κ2) is 9.39. The van der Waals surface area contributed by atoms with Crippen LogP contribution >= 0.6 is 12.4 Å². The number of alkyl halides is 3. The fourth-order valence-electron chi connectivity index (χ4n) is 3.33. The van der Waals surface area contributed by atoms with Gasteiger partial charge in [0.1, 0.15) is 0 Å². The lowest BCUT2D eigenvalue weighted by molar-refractivity contribution is -0.175. The highest BCUT2D eigenvalue weighted by Crippen LogP contribution is 2.40. The summed E-state index contributed by atoms with van der Waals surface area (Å²) in [7, 11) is 0. The number of benzene rings is 1. The number of para-hydroxylation sites is 1. The lowest BCUT2D eigenvalue weighted by Gasteiger charge is -2.24. The molecule has 0 spiro atoms. The van der Waals surface area contributed by atoms with Gasteiger partial charge in [-0.05, 0) is 43.9 Å². The van der Waals surface area contributed by atoms with Crippen LogP contribution in [0.2, 0.25) is 0 Å². The van der Waals surface area contributed by atoms with E-state index < -0.39 is 12.1 Å². The summed E-state index contributed by atoms with van der Waals surface area (Å²) in [6, 6.07) is 7.32. The van der Waals surface area contributed by atoms with Crippen molar-refractivity contribution in [1.29, 1.82) is 0 Å². The van der Waals surface area contributed by atoms with E-state index in [1.165, 1.54) is 6.20 Å². The zero-order valence-electron chi connectivity index (χ0n) is 15.3. The molecule has 2 aromatic rings. The van der Waals surface area contributed by atoms with Crippen molar-refractivity contribution in [3.05, 3.63) is 47.7 Å². The Hall–Kier alpha value is -2.12. The summed E-state index contributed by atoms with van der Waals surface area (Å²) >= 11 is 0. The summed E-state index contributed by atoms with van der Waals surface area (Å²) in [5, 5.41) is 3.57. The summed E-state index contributed by atoms with van der Waals surface area (Å²) in [6.07, 6.45) is 0.183.